The van der Waals surface area contributed by atoms with Crippen LogP contribution in [0.25, 0.3) is 5.70 Å². The van der Waals surface area contributed by atoms with Crippen LogP contribution >= 0.6 is 0 Å². The van der Waals surface area contributed by atoms with Crippen LogP contribution in [0, 0.1) is 13.8 Å². The number of aryl methyl sites for hydroxylation is 2. The zero-order chi connectivity index (χ0) is 20.9. The molecule has 4 aromatic rings. The Bertz CT molecular complexity index is 1300. The summed E-state index contributed by atoms with van der Waals surface area (Å²) in [5, 5.41) is 8.13. The summed E-state index contributed by atoms with van der Waals surface area (Å²) in [7, 11) is 0. The maximum absolute atomic E-state index is 6.64. The van der Waals surface area contributed by atoms with Crippen LogP contribution in [-0.2, 0) is 0 Å². The molecule has 0 bridgehead atoms. The lowest BCUT2D eigenvalue weighted by atomic mass is 9.84. The van der Waals surface area contributed by atoms with Gasteiger partial charge in [0.2, 0.25) is 5.95 Å². The zero-order valence-electron chi connectivity index (χ0n) is 17.4. The van der Waals surface area contributed by atoms with Crippen LogP contribution in [0.15, 0.2) is 84.7 Å². The van der Waals surface area contributed by atoms with Gasteiger partial charge in [-0.3, -0.25) is 0 Å². The number of nitrogens with one attached hydrogen (secondary N) is 1. The topological polar surface area (TPSA) is 52.0 Å². The Morgan fingerprint density at radius 3 is 2.26 bits per heavy atom. The normalized spacial score (nSPS) is 19.0. The van der Waals surface area contributed by atoms with Crippen molar-refractivity contribution in [3.63, 3.8) is 0 Å². The Labute approximate surface area is 181 Å². The van der Waals surface area contributed by atoms with E-state index in [1.165, 1.54) is 11.1 Å². The molecule has 0 spiro atoms. The van der Waals surface area contributed by atoms with Crippen LogP contribution in [0.1, 0.15) is 40.0 Å². The molecule has 5 heteroatoms. The first-order valence-electron chi connectivity index (χ1n) is 10.5. The van der Waals surface area contributed by atoms with Crippen LogP contribution in [0.3, 0.4) is 0 Å². The average molecular weight is 406 g/mol. The van der Waals surface area contributed by atoms with Gasteiger partial charge in [0.05, 0.1) is 5.70 Å². The van der Waals surface area contributed by atoms with Crippen molar-refractivity contribution in [2.24, 2.45) is 0 Å². The standard InChI is InChI=1S/C26H22N4O/c1-16-7-11-18(12-8-16)24-22-23(29-26-27-15-28-30(24)26)20-5-3-4-6-21(20)31-25(22)19-13-9-17(2)10-14-19/h3-15,24-25H,1-2H3,(H,27,28,29). The van der Waals surface area contributed by atoms with Crippen molar-refractivity contribution in [3.8, 4) is 5.75 Å². The minimum Gasteiger partial charge on any atom is -0.480 e. The largest absolute Gasteiger partial charge is 0.480 e. The first kappa shape index (κ1) is 18.0. The van der Waals surface area contributed by atoms with E-state index in [0.29, 0.717) is 0 Å². The van der Waals surface area contributed by atoms with Crippen molar-refractivity contribution in [1.29, 1.82) is 0 Å². The number of benzene rings is 3. The number of ether oxygens (including phenoxy) is 1. The van der Waals surface area contributed by atoms with Gasteiger partial charge in [0.1, 0.15) is 24.2 Å². The van der Waals surface area contributed by atoms with Gasteiger partial charge in [-0.1, -0.05) is 71.8 Å². The van der Waals surface area contributed by atoms with E-state index in [1.54, 1.807) is 6.33 Å². The van der Waals surface area contributed by atoms with Crippen molar-refractivity contribution in [3.05, 3.63) is 113 Å². The molecule has 0 saturated carbocycles. The lowest BCUT2D eigenvalue weighted by molar-refractivity contribution is 0.223. The molecule has 1 aromatic heterocycles. The van der Waals surface area contributed by atoms with Gasteiger partial charge < -0.3 is 10.1 Å². The summed E-state index contributed by atoms with van der Waals surface area (Å²) < 4.78 is 8.60. The molecule has 6 rings (SSSR count). The van der Waals surface area contributed by atoms with Gasteiger partial charge in [-0.25, -0.2) is 4.68 Å². The summed E-state index contributed by atoms with van der Waals surface area (Å²) in [5.41, 5.74) is 7.98. The molecule has 0 amide bonds. The van der Waals surface area contributed by atoms with Gasteiger partial charge in [0.15, 0.2) is 0 Å². The molecule has 2 atom stereocenters. The number of hydrogen-bond acceptors (Lipinski definition) is 4. The highest BCUT2D eigenvalue weighted by Crippen LogP contribution is 2.50. The first-order chi connectivity index (χ1) is 15.2. The summed E-state index contributed by atoms with van der Waals surface area (Å²) in [4.78, 5) is 4.49. The molecule has 31 heavy (non-hydrogen) atoms. The Morgan fingerprint density at radius 2 is 1.52 bits per heavy atom. The molecule has 0 radical (unpaired) electrons. The molecule has 2 unspecified atom stereocenters. The molecule has 1 N–H and O–H groups in total. The van der Waals surface area contributed by atoms with Gasteiger partial charge in [-0.15, -0.1) is 0 Å². The van der Waals surface area contributed by atoms with Crippen molar-refractivity contribution >= 4 is 11.6 Å². The molecule has 3 aromatic carbocycles. The second-order valence-electron chi connectivity index (χ2n) is 8.20. The number of aromatic nitrogens is 3. The number of hydrogen-bond donors (Lipinski definition) is 1. The van der Waals surface area contributed by atoms with E-state index in [4.69, 9.17) is 4.74 Å². The molecule has 5 nitrogen and oxygen atoms in total. The number of para-hydroxylation sites is 1. The maximum Gasteiger partial charge on any atom is 0.226 e. The Hall–Kier alpha value is -3.86. The van der Waals surface area contributed by atoms with Crippen LogP contribution in [0.2, 0.25) is 0 Å². The van der Waals surface area contributed by atoms with E-state index >= 15 is 0 Å². The van der Waals surface area contributed by atoms with Crippen molar-refractivity contribution in [2.75, 3.05) is 5.32 Å². The summed E-state index contributed by atoms with van der Waals surface area (Å²) >= 11 is 0. The predicted octanol–water partition coefficient (Wildman–Crippen LogP) is 5.45. The fourth-order valence-electron chi connectivity index (χ4n) is 4.50. The molecule has 3 heterocycles. The van der Waals surface area contributed by atoms with E-state index in [1.807, 2.05) is 22.9 Å². The quantitative estimate of drug-likeness (QED) is 0.481. The third-order valence-corrected chi connectivity index (χ3v) is 6.09. The highest BCUT2D eigenvalue weighted by Gasteiger charge is 2.40. The van der Waals surface area contributed by atoms with E-state index < -0.39 is 0 Å². The highest BCUT2D eigenvalue weighted by atomic mass is 16.5. The van der Waals surface area contributed by atoms with Crippen molar-refractivity contribution in [2.45, 2.75) is 26.0 Å². The van der Waals surface area contributed by atoms with Crippen molar-refractivity contribution < 1.29 is 4.74 Å². The van der Waals surface area contributed by atoms with Gasteiger partial charge in [-0.2, -0.15) is 10.1 Å². The number of rotatable bonds is 2. The molecule has 152 valence electrons. The number of anilines is 1. The van der Waals surface area contributed by atoms with Crippen molar-refractivity contribution in [1.82, 2.24) is 14.8 Å². The second-order valence-corrected chi connectivity index (χ2v) is 8.20. The fraction of sp³-hybridized carbons (Fsp3) is 0.154. The van der Waals surface area contributed by atoms with Crippen LogP contribution in [0.5, 0.6) is 5.75 Å². The Morgan fingerprint density at radius 1 is 0.839 bits per heavy atom. The fourth-order valence-corrected chi connectivity index (χ4v) is 4.50. The van der Waals surface area contributed by atoms with E-state index in [-0.39, 0.29) is 12.1 Å². The third-order valence-electron chi connectivity index (χ3n) is 6.09. The van der Waals surface area contributed by atoms with Crippen LogP contribution < -0.4 is 10.1 Å². The van der Waals surface area contributed by atoms with E-state index in [0.717, 1.165) is 39.7 Å². The Kier molecular flexibility index (Phi) is 3.96. The van der Waals surface area contributed by atoms with Gasteiger partial charge in [0.25, 0.3) is 0 Å². The van der Waals surface area contributed by atoms with Crippen LogP contribution in [0.4, 0.5) is 5.95 Å². The molecular formula is C26H22N4O. The average Bonchev–Trinajstić information content (AvgIpc) is 3.27. The second kappa shape index (κ2) is 6.84. The molecule has 0 saturated heterocycles. The van der Waals surface area contributed by atoms with E-state index in [2.05, 4.69) is 83.8 Å². The molecule has 2 aliphatic heterocycles. The third kappa shape index (κ3) is 2.85. The van der Waals surface area contributed by atoms with E-state index in [9.17, 15) is 0 Å². The van der Waals surface area contributed by atoms with Gasteiger partial charge in [0, 0.05) is 11.1 Å². The molecule has 2 aliphatic rings. The lowest BCUT2D eigenvalue weighted by Crippen LogP contribution is -2.32. The first-order valence-corrected chi connectivity index (χ1v) is 10.5. The highest BCUT2D eigenvalue weighted by molar-refractivity contribution is 5.85. The summed E-state index contributed by atoms with van der Waals surface area (Å²) in [6.07, 6.45) is 1.37. The van der Waals surface area contributed by atoms with Crippen LogP contribution in [-0.4, -0.2) is 14.8 Å². The monoisotopic (exact) mass is 406 g/mol. The molecule has 0 aliphatic carbocycles. The summed E-state index contributed by atoms with van der Waals surface area (Å²) in [6.45, 7) is 4.21. The summed E-state index contributed by atoms with van der Waals surface area (Å²) in [6, 6.07) is 25.3. The predicted molar refractivity (Wildman–Crippen MR) is 121 cm³/mol. The lowest BCUT2D eigenvalue weighted by Gasteiger charge is -2.39. The molecular weight excluding hydrogens is 384 g/mol. The van der Waals surface area contributed by atoms with Gasteiger partial charge >= 0.3 is 0 Å². The molecule has 0 fully saturated rings. The number of nitrogens with zero attached hydrogens (tertiary/aromatic N) is 3. The maximum atomic E-state index is 6.64. The summed E-state index contributed by atoms with van der Waals surface area (Å²) in [5.74, 6) is 1.61. The zero-order valence-corrected chi connectivity index (χ0v) is 17.4. The Balaban J connectivity index is 1.62. The minimum atomic E-state index is -0.235. The number of fused-ring (bicyclic) bond motifs is 3. The SMILES string of the molecule is Cc1ccc(C2Oc3ccccc3C3=C2C(c2ccc(C)cc2)n2ncnc2N3)cc1. The minimum absolute atomic E-state index is 0.117. The smallest absolute Gasteiger partial charge is 0.226 e. The van der Waals surface area contributed by atoms with Gasteiger partial charge in [-0.05, 0) is 37.1 Å².